The smallest absolute Gasteiger partial charge is 0.191 e. The van der Waals surface area contributed by atoms with Gasteiger partial charge in [-0.15, -0.1) is 0 Å². The van der Waals surface area contributed by atoms with E-state index in [9.17, 15) is 15.3 Å². The second kappa shape index (κ2) is 45.7. The van der Waals surface area contributed by atoms with Gasteiger partial charge in [0.05, 0.1) is 44.7 Å². The SMILES string of the molecule is CCCCCCCCCCCCOCC(O)CN=C(NCC(O)COCCCCCCCCCCCC)NCC(O)COCCCCCCCCCCCC. The molecule has 0 aromatic carbocycles. The van der Waals surface area contributed by atoms with Crippen LogP contribution in [0.15, 0.2) is 4.99 Å². The van der Waals surface area contributed by atoms with Crippen molar-refractivity contribution in [2.75, 3.05) is 59.3 Å². The van der Waals surface area contributed by atoms with Crippen molar-refractivity contribution in [1.82, 2.24) is 10.6 Å². The lowest BCUT2D eigenvalue weighted by atomic mass is 10.1. The summed E-state index contributed by atoms with van der Waals surface area (Å²) >= 11 is 0. The average molecular weight is 786 g/mol. The molecule has 0 rings (SSSR count). The lowest BCUT2D eigenvalue weighted by Gasteiger charge is -2.19. The number of aliphatic hydroxyl groups is 3. The number of ether oxygens (including phenoxy) is 3. The Labute approximate surface area is 341 Å². The molecule has 0 saturated heterocycles. The molecule has 0 fully saturated rings. The zero-order valence-electron chi connectivity index (χ0n) is 36.8. The molecule has 3 unspecified atom stereocenters. The maximum Gasteiger partial charge on any atom is 0.191 e. The summed E-state index contributed by atoms with van der Waals surface area (Å²) in [6.45, 7) is 10.1. The number of aliphatic imine (C=N–C) groups is 1. The summed E-state index contributed by atoms with van der Waals surface area (Å²) in [4.78, 5) is 4.54. The largest absolute Gasteiger partial charge is 0.389 e. The van der Waals surface area contributed by atoms with E-state index in [-0.39, 0.29) is 39.5 Å². The van der Waals surface area contributed by atoms with Crippen LogP contribution in [0.1, 0.15) is 213 Å². The van der Waals surface area contributed by atoms with Gasteiger partial charge in [0.2, 0.25) is 0 Å². The second-order valence-corrected chi connectivity index (χ2v) is 16.2. The van der Waals surface area contributed by atoms with Gasteiger partial charge < -0.3 is 40.2 Å². The number of hydrogen-bond acceptors (Lipinski definition) is 7. The van der Waals surface area contributed by atoms with Crippen molar-refractivity contribution in [3.8, 4) is 0 Å². The van der Waals surface area contributed by atoms with E-state index in [0.717, 1.165) is 25.7 Å². The van der Waals surface area contributed by atoms with Crippen LogP contribution in [-0.4, -0.2) is 98.9 Å². The van der Waals surface area contributed by atoms with Gasteiger partial charge in [-0.2, -0.15) is 0 Å². The minimum Gasteiger partial charge on any atom is -0.389 e. The second-order valence-electron chi connectivity index (χ2n) is 16.2. The van der Waals surface area contributed by atoms with Gasteiger partial charge in [-0.25, -0.2) is 0 Å². The number of unbranched alkanes of at least 4 members (excludes halogenated alkanes) is 27. The van der Waals surface area contributed by atoms with Crippen LogP contribution in [0, 0.1) is 0 Å². The summed E-state index contributed by atoms with van der Waals surface area (Å²) in [6, 6.07) is 0. The standard InChI is InChI=1S/C46H95N3O6/c1-4-7-10-13-16-19-22-25-28-31-34-53-40-43(50)37-47-46(48-38-44(51)41-54-35-32-29-26-23-20-17-14-11-8-5-2)49-39-45(52)42-55-36-33-30-27-24-21-18-15-12-9-6-3/h43-45,50-52H,4-42H2,1-3H3,(H2,47,48,49). The van der Waals surface area contributed by atoms with Gasteiger partial charge in [0, 0.05) is 32.9 Å². The molecule has 5 N–H and O–H groups in total. The van der Waals surface area contributed by atoms with Crippen LogP contribution in [0.25, 0.3) is 0 Å². The lowest BCUT2D eigenvalue weighted by Crippen LogP contribution is -2.45. The van der Waals surface area contributed by atoms with Crippen molar-refractivity contribution < 1.29 is 29.5 Å². The predicted molar refractivity (Wildman–Crippen MR) is 234 cm³/mol. The summed E-state index contributed by atoms with van der Waals surface area (Å²) in [5.41, 5.74) is 0. The van der Waals surface area contributed by atoms with Crippen molar-refractivity contribution in [3.05, 3.63) is 0 Å². The highest BCUT2D eigenvalue weighted by Gasteiger charge is 2.11. The highest BCUT2D eigenvalue weighted by Crippen LogP contribution is 2.13. The number of nitrogens with zero attached hydrogens (tertiary/aromatic N) is 1. The van der Waals surface area contributed by atoms with Gasteiger partial charge in [-0.3, -0.25) is 4.99 Å². The van der Waals surface area contributed by atoms with Gasteiger partial charge in [0.25, 0.3) is 0 Å². The summed E-state index contributed by atoms with van der Waals surface area (Å²) in [5.74, 6) is 0.427. The molecule has 0 saturated carbocycles. The topological polar surface area (TPSA) is 125 Å². The van der Waals surface area contributed by atoms with Crippen LogP contribution < -0.4 is 10.6 Å². The molecule has 330 valence electrons. The number of rotatable bonds is 45. The van der Waals surface area contributed by atoms with E-state index >= 15 is 0 Å². The lowest BCUT2D eigenvalue weighted by molar-refractivity contribution is 0.0353. The first-order valence-electron chi connectivity index (χ1n) is 23.8. The fourth-order valence-electron chi connectivity index (χ4n) is 6.70. The van der Waals surface area contributed by atoms with E-state index < -0.39 is 18.3 Å². The first kappa shape index (κ1) is 54.0. The normalized spacial score (nSPS) is 13.2. The van der Waals surface area contributed by atoms with Crippen LogP contribution in [0.4, 0.5) is 0 Å². The maximum absolute atomic E-state index is 10.6. The Morgan fingerprint density at radius 1 is 0.382 bits per heavy atom. The van der Waals surface area contributed by atoms with E-state index in [1.54, 1.807) is 0 Å². The zero-order chi connectivity index (χ0) is 40.1. The minimum absolute atomic E-state index is 0.157. The molecule has 3 atom stereocenters. The molecule has 9 nitrogen and oxygen atoms in total. The first-order valence-corrected chi connectivity index (χ1v) is 23.8. The highest BCUT2D eigenvalue weighted by atomic mass is 16.5. The average Bonchev–Trinajstić information content (AvgIpc) is 3.18. The summed E-state index contributed by atoms with van der Waals surface area (Å²) in [7, 11) is 0. The Morgan fingerprint density at radius 3 is 0.927 bits per heavy atom. The molecule has 0 bridgehead atoms. The van der Waals surface area contributed by atoms with Crippen molar-refractivity contribution >= 4 is 5.96 Å². The molecule has 0 spiro atoms. The zero-order valence-corrected chi connectivity index (χ0v) is 36.8. The molecule has 0 aromatic heterocycles. The Kier molecular flexibility index (Phi) is 44.9. The molecule has 0 aromatic rings. The fourth-order valence-corrected chi connectivity index (χ4v) is 6.70. The third-order valence-corrected chi connectivity index (χ3v) is 10.3. The molecule has 0 amide bonds. The number of nitrogens with one attached hydrogen (secondary N) is 2. The van der Waals surface area contributed by atoms with E-state index in [4.69, 9.17) is 14.2 Å². The summed E-state index contributed by atoms with van der Waals surface area (Å²) < 4.78 is 17.2. The molecule has 0 aliphatic carbocycles. The maximum atomic E-state index is 10.6. The van der Waals surface area contributed by atoms with Crippen molar-refractivity contribution in [1.29, 1.82) is 0 Å². The van der Waals surface area contributed by atoms with E-state index in [1.807, 2.05) is 0 Å². The third kappa shape index (κ3) is 44.0. The van der Waals surface area contributed by atoms with Gasteiger partial charge >= 0.3 is 0 Å². The van der Waals surface area contributed by atoms with Gasteiger partial charge in [0.15, 0.2) is 5.96 Å². The molecular weight excluding hydrogens is 691 g/mol. The molecule has 9 heteroatoms. The van der Waals surface area contributed by atoms with E-state index in [2.05, 4.69) is 36.4 Å². The Hall–Kier alpha value is -0.970. The quantitative estimate of drug-likeness (QED) is 0.0235. The van der Waals surface area contributed by atoms with Gasteiger partial charge in [0.1, 0.15) is 0 Å². The van der Waals surface area contributed by atoms with E-state index in [0.29, 0.717) is 25.8 Å². The minimum atomic E-state index is -0.731. The Balaban J connectivity index is 4.37. The third-order valence-electron chi connectivity index (χ3n) is 10.3. The first-order chi connectivity index (χ1) is 27.0. The predicted octanol–water partition coefficient (Wildman–Crippen LogP) is 10.4. The van der Waals surface area contributed by atoms with Gasteiger partial charge in [-0.05, 0) is 19.3 Å². The molecule has 0 radical (unpaired) electrons. The van der Waals surface area contributed by atoms with Crippen LogP contribution in [0.5, 0.6) is 0 Å². The molecule has 0 aliphatic rings. The molecule has 0 heterocycles. The number of guanidine groups is 1. The fraction of sp³-hybridized carbons (Fsp3) is 0.978. The molecule has 0 aliphatic heterocycles. The Bertz CT molecular complexity index is 721. The number of hydrogen-bond donors (Lipinski definition) is 5. The highest BCUT2D eigenvalue weighted by molar-refractivity contribution is 5.79. The van der Waals surface area contributed by atoms with Crippen molar-refractivity contribution in [2.24, 2.45) is 4.99 Å². The van der Waals surface area contributed by atoms with Crippen LogP contribution in [-0.2, 0) is 14.2 Å². The van der Waals surface area contributed by atoms with Crippen molar-refractivity contribution in [2.45, 2.75) is 232 Å². The summed E-state index contributed by atoms with van der Waals surface area (Å²) in [5, 5.41) is 38.0. The van der Waals surface area contributed by atoms with Gasteiger partial charge in [-0.1, -0.05) is 194 Å². The van der Waals surface area contributed by atoms with E-state index in [1.165, 1.54) is 167 Å². The van der Waals surface area contributed by atoms with Crippen LogP contribution in [0.2, 0.25) is 0 Å². The Morgan fingerprint density at radius 2 is 0.636 bits per heavy atom. The van der Waals surface area contributed by atoms with Crippen LogP contribution in [0.3, 0.4) is 0 Å². The molecular formula is C46H95N3O6. The van der Waals surface area contributed by atoms with Crippen molar-refractivity contribution in [3.63, 3.8) is 0 Å². The van der Waals surface area contributed by atoms with Crippen LogP contribution >= 0.6 is 0 Å². The monoisotopic (exact) mass is 786 g/mol. The number of aliphatic hydroxyl groups excluding tert-OH is 3. The molecule has 55 heavy (non-hydrogen) atoms. The summed E-state index contributed by atoms with van der Waals surface area (Å²) in [6.07, 6.45) is 36.3.